The molecular formula is C13H20N2O4. The van der Waals surface area contributed by atoms with Gasteiger partial charge in [-0.3, -0.25) is 19.8 Å². The van der Waals surface area contributed by atoms with Gasteiger partial charge in [-0.05, 0) is 27.2 Å². The second-order valence-corrected chi connectivity index (χ2v) is 5.83. The average Bonchev–Trinajstić information content (AvgIpc) is 3.08. The second kappa shape index (κ2) is 4.59. The first-order valence-corrected chi connectivity index (χ1v) is 6.51. The van der Waals surface area contributed by atoms with E-state index in [0.29, 0.717) is 6.42 Å². The largest absolute Gasteiger partial charge is 0.468 e. The van der Waals surface area contributed by atoms with Crippen molar-refractivity contribution in [2.75, 3.05) is 13.7 Å². The van der Waals surface area contributed by atoms with Crippen molar-refractivity contribution in [3.05, 3.63) is 0 Å². The normalized spacial score (nSPS) is 28.4. The number of amides is 2. The number of methoxy groups -OCH3 is 1. The molecule has 0 radical (unpaired) electrons. The highest BCUT2D eigenvalue weighted by molar-refractivity contribution is 6.09. The van der Waals surface area contributed by atoms with Crippen LogP contribution in [0.3, 0.4) is 0 Å². The summed E-state index contributed by atoms with van der Waals surface area (Å²) in [4.78, 5) is 37.0. The van der Waals surface area contributed by atoms with Gasteiger partial charge in [-0.1, -0.05) is 0 Å². The summed E-state index contributed by atoms with van der Waals surface area (Å²) >= 11 is 0. The van der Waals surface area contributed by atoms with E-state index in [1.165, 1.54) is 12.0 Å². The molecule has 6 heteroatoms. The molecule has 1 aliphatic heterocycles. The minimum absolute atomic E-state index is 0.0303. The van der Waals surface area contributed by atoms with Gasteiger partial charge in [-0.2, -0.15) is 0 Å². The van der Waals surface area contributed by atoms with Gasteiger partial charge in [-0.15, -0.1) is 0 Å². The molecule has 1 saturated carbocycles. The zero-order chi connectivity index (χ0) is 14.4. The van der Waals surface area contributed by atoms with Crippen LogP contribution in [0.25, 0.3) is 0 Å². The van der Waals surface area contributed by atoms with E-state index in [2.05, 4.69) is 5.32 Å². The summed E-state index contributed by atoms with van der Waals surface area (Å²) in [6, 6.07) is 0.0337. The lowest BCUT2D eigenvalue weighted by Gasteiger charge is -2.33. The molecule has 3 unspecified atom stereocenters. The molecule has 6 nitrogen and oxygen atoms in total. The standard InChI is InChI=1S/C13H20N2O4/c1-7(2)14-13(3,12(18)19-4)6-15-10(16)8-5-9(8)11(15)17/h7-9,14H,5-6H2,1-4H3. The number of likely N-dealkylation sites (tertiary alicyclic amines) is 1. The number of nitrogens with zero attached hydrogens (tertiary/aromatic N) is 1. The molecule has 2 fully saturated rings. The number of rotatable bonds is 5. The number of carbonyl (C=O) groups excluding carboxylic acids is 3. The van der Waals surface area contributed by atoms with E-state index >= 15 is 0 Å². The first-order chi connectivity index (χ1) is 8.80. The fourth-order valence-electron chi connectivity index (χ4n) is 2.75. The maximum absolute atomic E-state index is 12.0. The second-order valence-electron chi connectivity index (χ2n) is 5.83. The van der Waals surface area contributed by atoms with Gasteiger partial charge in [0.25, 0.3) is 0 Å². The molecule has 2 rings (SSSR count). The van der Waals surface area contributed by atoms with Crippen LogP contribution in [0, 0.1) is 11.8 Å². The Kier molecular flexibility index (Phi) is 3.38. The van der Waals surface area contributed by atoms with E-state index in [-0.39, 0.29) is 36.2 Å². The number of imide groups is 1. The molecule has 1 heterocycles. The van der Waals surface area contributed by atoms with Crippen molar-refractivity contribution < 1.29 is 19.1 Å². The molecule has 0 aromatic rings. The summed E-state index contributed by atoms with van der Waals surface area (Å²) in [7, 11) is 1.30. The highest BCUT2D eigenvalue weighted by Gasteiger charge is 2.60. The number of ether oxygens (including phenoxy) is 1. The number of piperidine rings is 1. The molecule has 2 amide bonds. The highest BCUT2D eigenvalue weighted by atomic mass is 16.5. The Hall–Kier alpha value is -1.43. The molecular weight excluding hydrogens is 248 g/mol. The van der Waals surface area contributed by atoms with E-state index in [4.69, 9.17) is 4.74 Å². The summed E-state index contributed by atoms with van der Waals surface area (Å²) in [5.41, 5.74) is -1.06. The van der Waals surface area contributed by atoms with Crippen LogP contribution < -0.4 is 5.32 Å². The Balaban J connectivity index is 2.14. The number of esters is 1. The van der Waals surface area contributed by atoms with Gasteiger partial charge in [-0.25, -0.2) is 4.79 Å². The molecule has 106 valence electrons. The number of hydrogen-bond acceptors (Lipinski definition) is 5. The van der Waals surface area contributed by atoms with Gasteiger partial charge in [0.05, 0.1) is 25.5 Å². The van der Waals surface area contributed by atoms with Crippen LogP contribution in [0.4, 0.5) is 0 Å². The predicted octanol–water partition coefficient (Wildman–Crippen LogP) is -0.0790. The summed E-state index contributed by atoms with van der Waals surface area (Å²) in [6.07, 6.45) is 0.667. The van der Waals surface area contributed by atoms with Gasteiger partial charge in [0, 0.05) is 6.04 Å². The van der Waals surface area contributed by atoms with Crippen molar-refractivity contribution in [2.45, 2.75) is 38.8 Å². The Bertz CT molecular complexity index is 414. The van der Waals surface area contributed by atoms with Crippen molar-refractivity contribution in [3.63, 3.8) is 0 Å². The molecule has 0 aromatic carbocycles. The molecule has 3 atom stereocenters. The van der Waals surface area contributed by atoms with Crippen molar-refractivity contribution in [1.82, 2.24) is 10.2 Å². The van der Waals surface area contributed by atoms with E-state index in [9.17, 15) is 14.4 Å². The smallest absolute Gasteiger partial charge is 0.327 e. The van der Waals surface area contributed by atoms with Gasteiger partial charge < -0.3 is 4.74 Å². The molecule has 0 spiro atoms. The van der Waals surface area contributed by atoms with Gasteiger partial charge >= 0.3 is 5.97 Å². The van der Waals surface area contributed by atoms with Crippen molar-refractivity contribution in [3.8, 4) is 0 Å². The SMILES string of the molecule is COC(=O)C(C)(CN1C(=O)C2CC2C1=O)NC(C)C. The number of fused-ring (bicyclic) bond motifs is 1. The van der Waals surface area contributed by atoms with E-state index in [1.807, 2.05) is 13.8 Å². The summed E-state index contributed by atoms with van der Waals surface area (Å²) in [5, 5.41) is 3.08. The lowest BCUT2D eigenvalue weighted by atomic mass is 10.00. The quantitative estimate of drug-likeness (QED) is 0.557. The molecule has 0 bridgehead atoms. The topological polar surface area (TPSA) is 75.7 Å². The zero-order valence-electron chi connectivity index (χ0n) is 11.7. The summed E-state index contributed by atoms with van der Waals surface area (Å²) in [6.45, 7) is 5.48. The molecule has 1 N–H and O–H groups in total. The summed E-state index contributed by atoms with van der Waals surface area (Å²) in [5.74, 6) is -1.07. The Labute approximate surface area is 112 Å². The lowest BCUT2D eigenvalue weighted by Crippen LogP contribution is -2.60. The molecule has 19 heavy (non-hydrogen) atoms. The molecule has 1 aliphatic carbocycles. The van der Waals surface area contributed by atoms with Crippen LogP contribution in [-0.2, 0) is 19.1 Å². The third kappa shape index (κ3) is 2.36. The molecule has 2 aliphatic rings. The van der Waals surface area contributed by atoms with E-state index in [0.717, 1.165) is 0 Å². The zero-order valence-corrected chi connectivity index (χ0v) is 11.7. The number of carbonyl (C=O) groups is 3. The van der Waals surface area contributed by atoms with Gasteiger partial charge in [0.15, 0.2) is 0 Å². The maximum Gasteiger partial charge on any atom is 0.327 e. The van der Waals surface area contributed by atoms with Crippen LogP contribution in [0.5, 0.6) is 0 Å². The van der Waals surface area contributed by atoms with Crippen LogP contribution >= 0.6 is 0 Å². The van der Waals surface area contributed by atoms with Crippen LogP contribution in [0.1, 0.15) is 27.2 Å². The van der Waals surface area contributed by atoms with E-state index in [1.54, 1.807) is 6.92 Å². The number of nitrogens with one attached hydrogen (secondary N) is 1. The minimum Gasteiger partial charge on any atom is -0.468 e. The van der Waals surface area contributed by atoms with Crippen molar-refractivity contribution in [2.24, 2.45) is 11.8 Å². The lowest BCUT2D eigenvalue weighted by molar-refractivity contribution is -0.152. The Morgan fingerprint density at radius 1 is 1.42 bits per heavy atom. The first kappa shape index (κ1) is 14.0. The van der Waals surface area contributed by atoms with Crippen LogP contribution in [0.15, 0.2) is 0 Å². The molecule has 1 saturated heterocycles. The predicted molar refractivity (Wildman–Crippen MR) is 67.0 cm³/mol. The van der Waals surface area contributed by atoms with Crippen molar-refractivity contribution >= 4 is 17.8 Å². The third-order valence-electron chi connectivity index (χ3n) is 3.67. The van der Waals surface area contributed by atoms with Crippen molar-refractivity contribution in [1.29, 1.82) is 0 Å². The number of hydrogen-bond donors (Lipinski definition) is 1. The fourth-order valence-corrected chi connectivity index (χ4v) is 2.75. The molecule has 0 aromatic heterocycles. The van der Waals surface area contributed by atoms with E-state index < -0.39 is 11.5 Å². The monoisotopic (exact) mass is 268 g/mol. The van der Waals surface area contributed by atoms with Gasteiger partial charge in [0.1, 0.15) is 5.54 Å². The maximum atomic E-state index is 12.0. The van der Waals surface area contributed by atoms with Crippen LogP contribution in [-0.4, -0.2) is 47.9 Å². The minimum atomic E-state index is -1.06. The Morgan fingerprint density at radius 2 is 1.95 bits per heavy atom. The fraction of sp³-hybridized carbons (Fsp3) is 0.769. The highest BCUT2D eigenvalue weighted by Crippen LogP contribution is 2.47. The average molecular weight is 268 g/mol. The summed E-state index contributed by atoms with van der Waals surface area (Å²) < 4.78 is 4.78. The third-order valence-corrected chi connectivity index (χ3v) is 3.67. The first-order valence-electron chi connectivity index (χ1n) is 6.51. The Morgan fingerprint density at radius 3 is 2.37 bits per heavy atom. The van der Waals surface area contributed by atoms with Gasteiger partial charge in [0.2, 0.25) is 11.8 Å². The van der Waals surface area contributed by atoms with Crippen LogP contribution in [0.2, 0.25) is 0 Å².